The third-order valence-electron chi connectivity index (χ3n) is 4.55. The lowest BCUT2D eigenvalue weighted by molar-refractivity contribution is 0.0892. The number of nitrogens with zero attached hydrogens (tertiary/aromatic N) is 1. The molecule has 1 N–H and O–H groups in total. The lowest BCUT2D eigenvalue weighted by Crippen LogP contribution is -2.38. The Kier molecular flexibility index (Phi) is 3.70. The smallest absolute Gasteiger partial charge is 0.287 e. The SMILES string of the molecule is CC(C)C1OC(=NCC2CCCCCC2)NC12CO2. The van der Waals surface area contributed by atoms with Gasteiger partial charge in [0.25, 0.3) is 6.02 Å². The molecule has 2 atom stereocenters. The molecule has 2 heterocycles. The first-order valence-electron chi connectivity index (χ1n) is 7.83. The molecule has 1 saturated carbocycles. The molecule has 1 aliphatic carbocycles. The second-order valence-electron chi connectivity index (χ2n) is 6.59. The van der Waals surface area contributed by atoms with E-state index in [1.165, 1.54) is 38.5 Å². The third kappa shape index (κ3) is 2.88. The predicted octanol–water partition coefficient (Wildman–Crippen LogP) is 2.68. The largest absolute Gasteiger partial charge is 0.456 e. The Bertz CT molecular complexity index is 342. The molecule has 3 aliphatic rings. The van der Waals surface area contributed by atoms with Crippen LogP contribution in [0.25, 0.3) is 0 Å². The number of hydrogen-bond acceptors (Lipinski definition) is 3. The zero-order valence-electron chi connectivity index (χ0n) is 12.2. The van der Waals surface area contributed by atoms with Gasteiger partial charge in [-0.3, -0.25) is 0 Å². The summed E-state index contributed by atoms with van der Waals surface area (Å²) in [6, 6.07) is 0.709. The number of amidine groups is 1. The molecule has 108 valence electrons. The second kappa shape index (κ2) is 5.31. The summed E-state index contributed by atoms with van der Waals surface area (Å²) in [7, 11) is 0. The summed E-state index contributed by atoms with van der Waals surface area (Å²) in [6.07, 6.45) is 8.29. The lowest BCUT2D eigenvalue weighted by atomic mass is 10.0. The van der Waals surface area contributed by atoms with E-state index in [2.05, 4.69) is 24.2 Å². The fourth-order valence-electron chi connectivity index (χ4n) is 3.32. The van der Waals surface area contributed by atoms with Crippen LogP contribution in [0.5, 0.6) is 0 Å². The van der Waals surface area contributed by atoms with Crippen LogP contribution >= 0.6 is 0 Å². The molecule has 0 bridgehead atoms. The molecule has 0 amide bonds. The summed E-state index contributed by atoms with van der Waals surface area (Å²) < 4.78 is 11.5. The predicted molar refractivity (Wildman–Crippen MR) is 75.0 cm³/mol. The molecule has 3 fully saturated rings. The van der Waals surface area contributed by atoms with Crippen molar-refractivity contribution in [3.05, 3.63) is 0 Å². The summed E-state index contributed by atoms with van der Waals surface area (Å²) in [5.41, 5.74) is -0.254. The quantitative estimate of drug-likeness (QED) is 0.631. The van der Waals surface area contributed by atoms with Gasteiger partial charge in [0.05, 0.1) is 0 Å². The maximum Gasteiger partial charge on any atom is 0.287 e. The van der Waals surface area contributed by atoms with Gasteiger partial charge >= 0.3 is 0 Å². The Morgan fingerprint density at radius 2 is 1.95 bits per heavy atom. The minimum absolute atomic E-state index is 0.111. The monoisotopic (exact) mass is 266 g/mol. The van der Waals surface area contributed by atoms with Crippen molar-refractivity contribution in [2.45, 2.75) is 64.2 Å². The van der Waals surface area contributed by atoms with E-state index in [1.807, 2.05) is 0 Å². The van der Waals surface area contributed by atoms with Crippen molar-refractivity contribution in [2.24, 2.45) is 16.8 Å². The standard InChI is InChI=1S/C15H26N2O2/c1-11(2)13-15(10-18-15)17-14(19-13)16-9-12-7-5-3-4-6-8-12/h11-13H,3-10H2,1-2H3,(H,16,17). The Morgan fingerprint density at radius 3 is 2.47 bits per heavy atom. The van der Waals surface area contributed by atoms with Gasteiger partial charge in [-0.15, -0.1) is 0 Å². The summed E-state index contributed by atoms with van der Waals surface area (Å²) in [6.45, 7) is 6.00. The van der Waals surface area contributed by atoms with E-state index >= 15 is 0 Å². The maximum atomic E-state index is 5.94. The molecule has 2 saturated heterocycles. The van der Waals surface area contributed by atoms with Crippen molar-refractivity contribution in [3.63, 3.8) is 0 Å². The van der Waals surface area contributed by atoms with Gasteiger partial charge in [0.1, 0.15) is 6.61 Å². The van der Waals surface area contributed by atoms with Crippen molar-refractivity contribution in [2.75, 3.05) is 13.2 Å². The van der Waals surface area contributed by atoms with E-state index in [0.29, 0.717) is 11.9 Å². The van der Waals surface area contributed by atoms with Gasteiger partial charge in [-0.25, -0.2) is 4.99 Å². The second-order valence-corrected chi connectivity index (χ2v) is 6.59. The number of epoxide rings is 1. The highest BCUT2D eigenvalue weighted by Crippen LogP contribution is 2.38. The van der Waals surface area contributed by atoms with Crippen LogP contribution in [0, 0.1) is 11.8 Å². The van der Waals surface area contributed by atoms with E-state index in [-0.39, 0.29) is 11.8 Å². The van der Waals surface area contributed by atoms with Crippen LogP contribution in [-0.2, 0) is 9.47 Å². The molecule has 2 unspecified atom stereocenters. The first-order chi connectivity index (χ1) is 9.20. The topological polar surface area (TPSA) is 46.1 Å². The first-order valence-corrected chi connectivity index (χ1v) is 7.83. The number of hydrogen-bond donors (Lipinski definition) is 1. The van der Waals surface area contributed by atoms with Crippen LogP contribution < -0.4 is 5.32 Å². The van der Waals surface area contributed by atoms with Gasteiger partial charge in [0, 0.05) is 6.54 Å². The molecule has 4 heteroatoms. The van der Waals surface area contributed by atoms with E-state index in [1.54, 1.807) is 0 Å². The zero-order valence-corrected chi connectivity index (χ0v) is 12.2. The van der Waals surface area contributed by atoms with Crippen LogP contribution in [-0.4, -0.2) is 31.0 Å². The summed E-state index contributed by atoms with van der Waals surface area (Å²) in [5.74, 6) is 1.19. The Hall–Kier alpha value is -0.770. The fraction of sp³-hybridized carbons (Fsp3) is 0.933. The molecule has 0 aromatic heterocycles. The van der Waals surface area contributed by atoms with Crippen LogP contribution in [0.2, 0.25) is 0 Å². The van der Waals surface area contributed by atoms with Crippen molar-refractivity contribution in [1.29, 1.82) is 0 Å². The average Bonchev–Trinajstić information content (AvgIpc) is 3.09. The molecular formula is C15H26N2O2. The number of rotatable bonds is 3. The van der Waals surface area contributed by atoms with Crippen molar-refractivity contribution < 1.29 is 9.47 Å². The Balaban J connectivity index is 1.56. The Labute approximate surface area is 116 Å². The molecular weight excluding hydrogens is 240 g/mol. The molecule has 0 aromatic carbocycles. The molecule has 0 radical (unpaired) electrons. The number of aliphatic imine (C=N–C) groups is 1. The van der Waals surface area contributed by atoms with Gasteiger partial charge in [0.15, 0.2) is 6.10 Å². The fourth-order valence-corrected chi connectivity index (χ4v) is 3.32. The van der Waals surface area contributed by atoms with Gasteiger partial charge in [-0.2, -0.15) is 0 Å². The number of nitrogens with one attached hydrogen (secondary N) is 1. The van der Waals surface area contributed by atoms with Gasteiger partial charge < -0.3 is 14.8 Å². The average molecular weight is 266 g/mol. The van der Waals surface area contributed by atoms with Crippen molar-refractivity contribution in [3.8, 4) is 0 Å². The summed E-state index contributed by atoms with van der Waals surface area (Å²) in [5, 5.41) is 3.33. The molecule has 19 heavy (non-hydrogen) atoms. The molecule has 2 aliphatic heterocycles. The highest BCUT2D eigenvalue weighted by molar-refractivity contribution is 5.77. The highest BCUT2D eigenvalue weighted by Gasteiger charge is 2.60. The third-order valence-corrected chi connectivity index (χ3v) is 4.55. The minimum atomic E-state index is -0.254. The highest BCUT2D eigenvalue weighted by atomic mass is 16.7. The van der Waals surface area contributed by atoms with Crippen LogP contribution in [0.15, 0.2) is 4.99 Å². The number of ether oxygens (including phenoxy) is 2. The van der Waals surface area contributed by atoms with Crippen LogP contribution in [0.3, 0.4) is 0 Å². The van der Waals surface area contributed by atoms with E-state index in [4.69, 9.17) is 9.47 Å². The van der Waals surface area contributed by atoms with Crippen LogP contribution in [0.4, 0.5) is 0 Å². The summed E-state index contributed by atoms with van der Waals surface area (Å²) >= 11 is 0. The zero-order chi connectivity index (χ0) is 13.3. The van der Waals surface area contributed by atoms with Crippen molar-refractivity contribution >= 4 is 6.02 Å². The van der Waals surface area contributed by atoms with Crippen molar-refractivity contribution in [1.82, 2.24) is 5.32 Å². The minimum Gasteiger partial charge on any atom is -0.456 e. The van der Waals surface area contributed by atoms with E-state index in [0.717, 1.165) is 19.1 Å². The van der Waals surface area contributed by atoms with Gasteiger partial charge in [-0.05, 0) is 24.7 Å². The molecule has 0 aromatic rings. The van der Waals surface area contributed by atoms with Gasteiger partial charge in [-0.1, -0.05) is 39.5 Å². The maximum absolute atomic E-state index is 5.94. The van der Waals surface area contributed by atoms with Gasteiger partial charge in [0.2, 0.25) is 5.72 Å². The van der Waals surface area contributed by atoms with E-state index in [9.17, 15) is 0 Å². The molecule has 4 nitrogen and oxygen atoms in total. The first kappa shape index (κ1) is 13.2. The summed E-state index contributed by atoms with van der Waals surface area (Å²) in [4.78, 5) is 4.66. The molecule has 1 spiro atoms. The van der Waals surface area contributed by atoms with E-state index < -0.39 is 0 Å². The molecule has 3 rings (SSSR count). The van der Waals surface area contributed by atoms with Crippen LogP contribution in [0.1, 0.15) is 52.4 Å². The Morgan fingerprint density at radius 1 is 1.26 bits per heavy atom. The normalized spacial score (nSPS) is 37.4. The lowest BCUT2D eigenvalue weighted by Gasteiger charge is -2.16.